The van der Waals surface area contributed by atoms with Crippen molar-refractivity contribution in [2.24, 2.45) is 5.92 Å². The van der Waals surface area contributed by atoms with Gasteiger partial charge in [-0.1, -0.05) is 11.3 Å². The molecule has 3 saturated heterocycles. The number of methoxy groups -OCH3 is 1. The molecule has 25 heavy (non-hydrogen) atoms. The Labute approximate surface area is 164 Å². The number of aromatic nitrogens is 2. The zero-order valence-electron chi connectivity index (χ0n) is 14.6. The van der Waals surface area contributed by atoms with Crippen LogP contribution in [0.15, 0.2) is 0 Å². The first-order chi connectivity index (χ1) is 11.1. The number of carbonyl (C=O) groups is 1. The number of hydrogen-bond donors (Lipinski definition) is 1. The molecule has 4 heterocycles. The molecule has 0 amide bonds. The van der Waals surface area contributed by atoms with Crippen LogP contribution in [0.1, 0.15) is 48.5 Å². The van der Waals surface area contributed by atoms with Gasteiger partial charge in [-0.15, -0.1) is 35.0 Å². The van der Waals surface area contributed by atoms with Gasteiger partial charge in [-0.3, -0.25) is 9.69 Å². The highest BCUT2D eigenvalue weighted by atomic mass is 35.5. The molecule has 1 N–H and O–H groups in total. The highest BCUT2D eigenvalue weighted by molar-refractivity contribution is 7.11. The highest BCUT2D eigenvalue weighted by Crippen LogP contribution is 2.55. The molecule has 9 heteroatoms. The lowest BCUT2D eigenvalue weighted by atomic mass is 9.72. The summed E-state index contributed by atoms with van der Waals surface area (Å²) in [6, 6.07) is 0.417. The average molecular weight is 409 g/mol. The largest absolute Gasteiger partial charge is 0.468 e. The van der Waals surface area contributed by atoms with E-state index in [1.165, 1.54) is 7.11 Å². The highest BCUT2D eigenvalue weighted by Gasteiger charge is 2.65. The fourth-order valence-electron chi connectivity index (χ4n) is 4.51. The quantitative estimate of drug-likeness (QED) is 0.771. The van der Waals surface area contributed by atoms with Crippen molar-refractivity contribution in [3.63, 3.8) is 0 Å². The molecular weight excluding hydrogens is 383 g/mol. The average Bonchev–Trinajstić information content (AvgIpc) is 3.18. The molecule has 1 aromatic rings. The fourth-order valence-corrected chi connectivity index (χ4v) is 5.52. The zero-order valence-corrected chi connectivity index (χ0v) is 17.0. The molecule has 1 aliphatic carbocycles. The Balaban J connectivity index is 0.00000113. The van der Waals surface area contributed by atoms with Crippen LogP contribution in [0.2, 0.25) is 0 Å². The summed E-state index contributed by atoms with van der Waals surface area (Å²) in [5.74, 6) is 1.08. The molecule has 0 aromatic carbocycles. The monoisotopic (exact) mass is 408 g/mol. The lowest BCUT2D eigenvalue weighted by Gasteiger charge is -2.38. The van der Waals surface area contributed by atoms with Crippen LogP contribution in [-0.2, 0) is 16.1 Å². The third-order valence-electron chi connectivity index (χ3n) is 5.97. The van der Waals surface area contributed by atoms with Crippen molar-refractivity contribution in [1.29, 1.82) is 0 Å². The second-order valence-electron chi connectivity index (χ2n) is 7.12. The fraction of sp³-hybridized carbons (Fsp3) is 0.812. The van der Waals surface area contributed by atoms with Crippen LogP contribution >= 0.6 is 36.2 Å². The molecule has 5 rings (SSSR count). The van der Waals surface area contributed by atoms with Gasteiger partial charge < -0.3 is 10.1 Å². The molecule has 1 unspecified atom stereocenters. The zero-order chi connectivity index (χ0) is 16.0. The van der Waals surface area contributed by atoms with E-state index in [2.05, 4.69) is 27.3 Å². The maximum absolute atomic E-state index is 12.3. The lowest BCUT2D eigenvalue weighted by molar-refractivity contribution is -0.157. The number of ether oxygens (including phenoxy) is 1. The number of nitrogens with zero attached hydrogens (tertiary/aromatic N) is 3. The Morgan fingerprint density at radius 3 is 2.64 bits per heavy atom. The smallest absolute Gasteiger partial charge is 0.326 e. The second-order valence-corrected chi connectivity index (χ2v) is 8.21. The molecule has 1 saturated carbocycles. The van der Waals surface area contributed by atoms with Crippen LogP contribution in [-0.4, -0.2) is 52.8 Å². The number of esters is 1. The molecule has 2 bridgehead atoms. The number of carbonyl (C=O) groups excluding carboxylic acids is 1. The molecule has 3 aliphatic heterocycles. The molecule has 1 atom stereocenters. The van der Waals surface area contributed by atoms with E-state index >= 15 is 0 Å². The van der Waals surface area contributed by atoms with Crippen molar-refractivity contribution in [2.75, 3.05) is 20.2 Å². The van der Waals surface area contributed by atoms with E-state index in [4.69, 9.17) is 4.74 Å². The van der Waals surface area contributed by atoms with E-state index in [9.17, 15) is 4.79 Å². The maximum Gasteiger partial charge on any atom is 0.326 e. The molecule has 6 nitrogen and oxygen atoms in total. The summed E-state index contributed by atoms with van der Waals surface area (Å²) in [7, 11) is 1.49. The van der Waals surface area contributed by atoms with Gasteiger partial charge in [0.2, 0.25) is 0 Å². The Bertz CT molecular complexity index is 603. The predicted molar refractivity (Wildman–Crippen MR) is 102 cm³/mol. The molecule has 4 fully saturated rings. The van der Waals surface area contributed by atoms with E-state index < -0.39 is 5.54 Å². The Hall–Kier alpha value is -0.470. The summed E-state index contributed by atoms with van der Waals surface area (Å²) < 4.78 is 5.07. The lowest BCUT2D eigenvalue weighted by Crippen LogP contribution is -2.53. The van der Waals surface area contributed by atoms with Gasteiger partial charge in [0.1, 0.15) is 15.6 Å². The van der Waals surface area contributed by atoms with Crippen molar-refractivity contribution in [2.45, 2.75) is 56.7 Å². The number of nitrogens with one attached hydrogen (secondary N) is 1. The second kappa shape index (κ2) is 8.05. The maximum atomic E-state index is 12.3. The van der Waals surface area contributed by atoms with Crippen LogP contribution in [0.4, 0.5) is 0 Å². The number of hydrogen-bond acceptors (Lipinski definition) is 7. The molecule has 0 spiro atoms. The van der Waals surface area contributed by atoms with Crippen LogP contribution in [0, 0.1) is 5.92 Å². The Morgan fingerprint density at radius 2 is 2.00 bits per heavy atom. The third-order valence-corrected chi connectivity index (χ3v) is 7.04. The number of halogens is 2. The van der Waals surface area contributed by atoms with Gasteiger partial charge in [-0.25, -0.2) is 0 Å². The first kappa shape index (κ1) is 20.8. The van der Waals surface area contributed by atoms with E-state index in [-0.39, 0.29) is 30.8 Å². The summed E-state index contributed by atoms with van der Waals surface area (Å²) in [6.45, 7) is 5.07. The van der Waals surface area contributed by atoms with Gasteiger partial charge in [0.25, 0.3) is 0 Å². The molecule has 4 aliphatic rings. The van der Waals surface area contributed by atoms with Gasteiger partial charge in [0, 0.05) is 12.0 Å². The van der Waals surface area contributed by atoms with Crippen molar-refractivity contribution in [3.8, 4) is 0 Å². The Morgan fingerprint density at radius 1 is 1.32 bits per heavy atom. The first-order valence-electron chi connectivity index (χ1n) is 8.52. The van der Waals surface area contributed by atoms with Crippen LogP contribution < -0.4 is 5.32 Å². The summed E-state index contributed by atoms with van der Waals surface area (Å²) in [6.07, 6.45) is 4.15. The van der Waals surface area contributed by atoms with Gasteiger partial charge in [0.15, 0.2) is 0 Å². The third kappa shape index (κ3) is 3.41. The minimum atomic E-state index is -0.403. The van der Waals surface area contributed by atoms with E-state index in [1.54, 1.807) is 11.3 Å². The number of fused-ring (bicyclic) bond motifs is 1. The van der Waals surface area contributed by atoms with Gasteiger partial charge >= 0.3 is 5.97 Å². The van der Waals surface area contributed by atoms with Gasteiger partial charge in [-0.2, -0.15) is 0 Å². The van der Waals surface area contributed by atoms with Crippen molar-refractivity contribution < 1.29 is 9.53 Å². The summed E-state index contributed by atoms with van der Waals surface area (Å²) in [4.78, 5) is 14.6. The standard InChI is InChI=1S/C16H24N4O2S.2ClH/c1-10-12-7-16(8-12,15(21)22-2)20(10)9-13-18-19-14(23-13)11-3-5-17-6-4-11;;/h10-12,17H,3-9H2,1-2H3;2*1H. The molecule has 0 radical (unpaired) electrons. The summed E-state index contributed by atoms with van der Waals surface area (Å²) in [5.41, 5.74) is -0.403. The minimum absolute atomic E-state index is 0. The van der Waals surface area contributed by atoms with Crippen LogP contribution in [0.3, 0.4) is 0 Å². The van der Waals surface area contributed by atoms with Gasteiger partial charge in [0.05, 0.1) is 13.7 Å². The van der Waals surface area contributed by atoms with Crippen LogP contribution in [0.25, 0.3) is 0 Å². The van der Waals surface area contributed by atoms with Crippen molar-refractivity contribution >= 4 is 42.1 Å². The van der Waals surface area contributed by atoms with Gasteiger partial charge in [-0.05, 0) is 51.6 Å². The van der Waals surface area contributed by atoms with Crippen LogP contribution in [0.5, 0.6) is 0 Å². The normalized spacial score (nSPS) is 31.6. The summed E-state index contributed by atoms with van der Waals surface area (Å²) in [5, 5.41) is 14.4. The van der Waals surface area contributed by atoms with Crippen molar-refractivity contribution in [1.82, 2.24) is 20.4 Å². The molecule has 142 valence electrons. The summed E-state index contributed by atoms with van der Waals surface area (Å²) >= 11 is 1.72. The Kier molecular flexibility index (Phi) is 6.71. The minimum Gasteiger partial charge on any atom is -0.468 e. The topological polar surface area (TPSA) is 67.3 Å². The van der Waals surface area contributed by atoms with E-state index in [0.29, 0.717) is 17.9 Å². The van der Waals surface area contributed by atoms with E-state index in [1.807, 2.05) is 0 Å². The first-order valence-corrected chi connectivity index (χ1v) is 9.34. The molecule has 1 aromatic heterocycles. The van der Waals surface area contributed by atoms with E-state index in [0.717, 1.165) is 55.3 Å². The number of piperidine rings is 1. The predicted octanol–water partition coefficient (Wildman–Crippen LogP) is 2.37. The SMILES string of the molecule is COC(=O)C12CC(C1)C(C)N2Cc1nnc(C2CCNCC2)s1.Cl.Cl. The molecular formula is C16H26Cl2N4O2S. The van der Waals surface area contributed by atoms with Crippen molar-refractivity contribution in [3.05, 3.63) is 10.0 Å². The number of rotatable bonds is 4.